The van der Waals surface area contributed by atoms with Gasteiger partial charge in [0.25, 0.3) is 0 Å². The van der Waals surface area contributed by atoms with Crippen LogP contribution in [0.2, 0.25) is 0 Å². The number of para-hydroxylation sites is 1. The Kier molecular flexibility index (Phi) is 2.46. The predicted molar refractivity (Wildman–Crippen MR) is 58.4 cm³/mol. The lowest BCUT2D eigenvalue weighted by Crippen LogP contribution is -1.91. The number of aldehydes is 1. The number of aromatic nitrogens is 1. The van der Waals surface area contributed by atoms with Gasteiger partial charge in [0.1, 0.15) is 0 Å². The third-order valence-corrected chi connectivity index (χ3v) is 2.16. The molecule has 3 nitrogen and oxygen atoms in total. The van der Waals surface area contributed by atoms with Gasteiger partial charge in [0.15, 0.2) is 6.29 Å². The van der Waals surface area contributed by atoms with E-state index in [-0.39, 0.29) is 5.57 Å². The summed E-state index contributed by atoms with van der Waals surface area (Å²) in [5, 5.41) is 9.82. The Morgan fingerprint density at radius 3 is 2.73 bits per heavy atom. The summed E-state index contributed by atoms with van der Waals surface area (Å²) in [6.07, 6.45) is 1.35. The molecule has 15 heavy (non-hydrogen) atoms. The lowest BCUT2D eigenvalue weighted by molar-refractivity contribution is -0.103. The smallest absolute Gasteiger partial charge is 0.155 e. The van der Waals surface area contributed by atoms with Crippen molar-refractivity contribution in [2.45, 2.75) is 0 Å². The second kappa shape index (κ2) is 3.92. The van der Waals surface area contributed by atoms with Crippen molar-refractivity contribution in [2.75, 3.05) is 0 Å². The van der Waals surface area contributed by atoms with Gasteiger partial charge in [-0.15, -0.1) is 0 Å². The summed E-state index contributed by atoms with van der Waals surface area (Å²) in [6.45, 7) is 0. The number of carbonyl (C=O) groups is 1. The first-order valence-corrected chi connectivity index (χ1v) is 4.51. The molecule has 0 aliphatic carbocycles. The number of rotatable bonds is 2. The number of benzene rings is 1. The summed E-state index contributed by atoms with van der Waals surface area (Å²) >= 11 is 0. The van der Waals surface area contributed by atoms with Gasteiger partial charge in [-0.2, -0.15) is 0 Å². The SMILES string of the molecule is O=CC(=CO)c1ccc2ccccc2n1. The molecule has 0 aliphatic heterocycles. The molecule has 0 amide bonds. The molecule has 0 spiro atoms. The molecule has 74 valence electrons. The van der Waals surface area contributed by atoms with Crippen LogP contribution in [0.15, 0.2) is 42.7 Å². The quantitative estimate of drug-likeness (QED) is 0.458. The van der Waals surface area contributed by atoms with Gasteiger partial charge >= 0.3 is 0 Å². The topological polar surface area (TPSA) is 50.2 Å². The molecule has 0 fully saturated rings. The van der Waals surface area contributed by atoms with Crippen LogP contribution in [0.5, 0.6) is 0 Å². The van der Waals surface area contributed by atoms with Crippen LogP contribution in [0.1, 0.15) is 5.69 Å². The van der Waals surface area contributed by atoms with Crippen LogP contribution in [0.3, 0.4) is 0 Å². The third-order valence-electron chi connectivity index (χ3n) is 2.16. The van der Waals surface area contributed by atoms with Crippen molar-refractivity contribution >= 4 is 22.8 Å². The Labute approximate surface area is 86.7 Å². The number of pyridine rings is 1. The molecule has 1 heterocycles. The first-order valence-electron chi connectivity index (χ1n) is 4.51. The average molecular weight is 199 g/mol. The number of allylic oxidation sites excluding steroid dienone is 1. The lowest BCUT2D eigenvalue weighted by Gasteiger charge is -2.00. The minimum absolute atomic E-state index is 0.181. The second-order valence-electron chi connectivity index (χ2n) is 3.09. The van der Waals surface area contributed by atoms with E-state index in [1.165, 1.54) is 0 Å². The van der Waals surface area contributed by atoms with E-state index in [1.807, 2.05) is 30.3 Å². The first-order chi connectivity index (χ1) is 7.35. The van der Waals surface area contributed by atoms with E-state index in [9.17, 15) is 4.79 Å². The number of nitrogens with zero attached hydrogens (tertiary/aromatic N) is 1. The molecule has 0 radical (unpaired) electrons. The summed E-state index contributed by atoms with van der Waals surface area (Å²) in [5.74, 6) is 0. The molecular formula is C12H9NO2. The van der Waals surface area contributed by atoms with Crippen molar-refractivity contribution in [3.63, 3.8) is 0 Å². The van der Waals surface area contributed by atoms with Crippen molar-refractivity contribution in [1.29, 1.82) is 0 Å². The molecule has 0 atom stereocenters. The fraction of sp³-hybridized carbons (Fsp3) is 0. The standard InChI is InChI=1S/C12H9NO2/c14-7-10(8-15)12-6-5-9-3-1-2-4-11(9)13-12/h1-8,14H. The normalized spacial score (nSPS) is 11.6. The van der Waals surface area contributed by atoms with Crippen molar-refractivity contribution in [3.05, 3.63) is 48.4 Å². The van der Waals surface area contributed by atoms with Crippen LogP contribution >= 0.6 is 0 Å². The second-order valence-corrected chi connectivity index (χ2v) is 3.09. The van der Waals surface area contributed by atoms with Gasteiger partial charge < -0.3 is 5.11 Å². The summed E-state index contributed by atoms with van der Waals surface area (Å²) < 4.78 is 0. The fourth-order valence-electron chi connectivity index (χ4n) is 1.38. The van der Waals surface area contributed by atoms with E-state index in [2.05, 4.69) is 4.98 Å². The van der Waals surface area contributed by atoms with Gasteiger partial charge in [-0.05, 0) is 12.1 Å². The highest BCUT2D eigenvalue weighted by Crippen LogP contribution is 2.15. The molecule has 0 saturated carbocycles. The zero-order valence-corrected chi connectivity index (χ0v) is 7.92. The molecule has 0 unspecified atom stereocenters. The molecule has 2 rings (SSSR count). The maximum atomic E-state index is 10.6. The average Bonchev–Trinajstić information content (AvgIpc) is 2.30. The maximum absolute atomic E-state index is 10.6. The van der Waals surface area contributed by atoms with E-state index in [0.717, 1.165) is 17.2 Å². The third kappa shape index (κ3) is 1.72. The van der Waals surface area contributed by atoms with Crippen LogP contribution in [0, 0.1) is 0 Å². The first kappa shape index (κ1) is 9.40. The molecule has 0 aliphatic rings. The minimum atomic E-state index is 0.181. The van der Waals surface area contributed by atoms with E-state index in [1.54, 1.807) is 6.07 Å². The highest BCUT2D eigenvalue weighted by atomic mass is 16.2. The Morgan fingerprint density at radius 2 is 2.00 bits per heavy atom. The highest BCUT2D eigenvalue weighted by molar-refractivity contribution is 6.06. The van der Waals surface area contributed by atoms with E-state index in [4.69, 9.17) is 5.11 Å². The van der Waals surface area contributed by atoms with Gasteiger partial charge in [-0.25, -0.2) is 4.98 Å². The van der Waals surface area contributed by atoms with Gasteiger partial charge in [-0.1, -0.05) is 24.3 Å². The Balaban J connectivity index is 2.61. The van der Waals surface area contributed by atoms with Crippen LogP contribution < -0.4 is 0 Å². The number of hydrogen-bond donors (Lipinski definition) is 1. The van der Waals surface area contributed by atoms with Crippen LogP contribution in [-0.2, 0) is 4.79 Å². The maximum Gasteiger partial charge on any atom is 0.155 e. The van der Waals surface area contributed by atoms with E-state index < -0.39 is 0 Å². The van der Waals surface area contributed by atoms with Gasteiger partial charge in [-0.3, -0.25) is 4.79 Å². The summed E-state index contributed by atoms with van der Waals surface area (Å²) in [4.78, 5) is 14.9. The fourth-order valence-corrected chi connectivity index (χ4v) is 1.38. The zero-order valence-electron chi connectivity index (χ0n) is 7.92. The van der Waals surface area contributed by atoms with Crippen molar-refractivity contribution in [3.8, 4) is 0 Å². The van der Waals surface area contributed by atoms with E-state index >= 15 is 0 Å². The molecule has 2 aromatic rings. The van der Waals surface area contributed by atoms with E-state index in [0.29, 0.717) is 12.0 Å². The van der Waals surface area contributed by atoms with Gasteiger partial charge in [0, 0.05) is 5.39 Å². The largest absolute Gasteiger partial charge is 0.515 e. The van der Waals surface area contributed by atoms with Crippen LogP contribution in [0.4, 0.5) is 0 Å². The number of fused-ring (bicyclic) bond motifs is 1. The summed E-state index contributed by atoms with van der Waals surface area (Å²) in [5.41, 5.74) is 1.46. The number of hydrogen-bond acceptors (Lipinski definition) is 3. The summed E-state index contributed by atoms with van der Waals surface area (Å²) in [6, 6.07) is 11.2. The minimum Gasteiger partial charge on any atom is -0.515 e. The monoisotopic (exact) mass is 199 g/mol. The number of aliphatic hydroxyl groups is 1. The zero-order chi connectivity index (χ0) is 10.7. The lowest BCUT2D eigenvalue weighted by atomic mass is 10.1. The van der Waals surface area contributed by atoms with Crippen molar-refractivity contribution in [2.24, 2.45) is 0 Å². The molecule has 1 aromatic carbocycles. The Hall–Kier alpha value is -2.16. The van der Waals surface area contributed by atoms with Crippen molar-refractivity contribution < 1.29 is 9.90 Å². The molecule has 0 saturated heterocycles. The molecule has 0 bridgehead atoms. The molecule has 3 heteroatoms. The molecular weight excluding hydrogens is 190 g/mol. The van der Waals surface area contributed by atoms with Crippen LogP contribution in [-0.4, -0.2) is 16.4 Å². The predicted octanol–water partition coefficient (Wildman–Crippen LogP) is 2.33. The molecule has 1 N–H and O–H groups in total. The van der Waals surface area contributed by atoms with Gasteiger partial charge in [0.05, 0.1) is 23.0 Å². The Bertz CT molecular complexity index is 532. The molecule has 1 aromatic heterocycles. The van der Waals surface area contributed by atoms with Gasteiger partial charge in [0.2, 0.25) is 0 Å². The number of aliphatic hydroxyl groups excluding tert-OH is 1. The summed E-state index contributed by atoms with van der Waals surface area (Å²) in [7, 11) is 0. The number of carbonyl (C=O) groups excluding carboxylic acids is 1. The van der Waals surface area contributed by atoms with Crippen molar-refractivity contribution in [1.82, 2.24) is 4.98 Å². The van der Waals surface area contributed by atoms with Crippen LogP contribution in [0.25, 0.3) is 16.5 Å². The highest BCUT2D eigenvalue weighted by Gasteiger charge is 2.02. The Morgan fingerprint density at radius 1 is 1.20 bits per heavy atom.